The number of hydrogen-bond donors (Lipinski definition) is 4. The van der Waals surface area contributed by atoms with Gasteiger partial charge in [-0.2, -0.15) is 0 Å². The summed E-state index contributed by atoms with van der Waals surface area (Å²) in [6.45, 7) is 11.7. The number of carbonyl (C=O) groups excluding carboxylic acids is 3. The molecule has 17 atom stereocenters. The lowest BCUT2D eigenvalue weighted by Crippen LogP contribution is -2.64. The predicted molar refractivity (Wildman–Crippen MR) is 212 cm³/mol. The third-order valence-electron chi connectivity index (χ3n) is 12.1. The molecule has 17 heteroatoms. The van der Waals surface area contributed by atoms with Crippen LogP contribution in [0, 0.1) is 23.7 Å². The van der Waals surface area contributed by atoms with Crippen LogP contribution in [0.5, 0.6) is 0 Å². The SMILES string of the molecule is CC[C@H]1OC(=O)C[C@@H](O)[C@H](C)[C@@H](OC2OC(C)C(O)C(N(C)C(C)=O)C2O)[C@@H](CC(OC)OC)C[C@@H](C)C(=O)/C=C/C(C)=C/[C@@H]1COC1OC(C)C(O)C(OC)C1OC. The Kier molecular flexibility index (Phi) is 20.5. The number of allylic oxidation sites excluding steroid dienone is 3. The van der Waals surface area contributed by atoms with Crippen LogP contribution in [-0.2, 0) is 57.0 Å². The molecular weight excluding hydrogens is 774 g/mol. The number of likely N-dealkylation sites (N-methyl/N-ethyl adjacent to an activating group) is 1. The van der Waals surface area contributed by atoms with E-state index in [0.29, 0.717) is 12.0 Å². The summed E-state index contributed by atoms with van der Waals surface area (Å²) < 4.78 is 53.1. The Morgan fingerprint density at radius 1 is 0.881 bits per heavy atom. The maximum Gasteiger partial charge on any atom is 0.308 e. The number of ketones is 1. The monoisotopic (exact) mass is 845 g/mol. The second kappa shape index (κ2) is 23.7. The quantitative estimate of drug-likeness (QED) is 0.154. The topological polar surface area (TPSA) is 218 Å². The average molecular weight is 846 g/mol. The molecule has 0 saturated carbocycles. The van der Waals surface area contributed by atoms with Gasteiger partial charge in [0.05, 0.1) is 43.5 Å². The van der Waals surface area contributed by atoms with E-state index in [9.17, 15) is 34.8 Å². The number of aliphatic hydroxyl groups excluding tert-OH is 4. The van der Waals surface area contributed by atoms with Crippen molar-refractivity contribution in [2.45, 2.75) is 160 Å². The molecule has 3 aliphatic heterocycles. The summed E-state index contributed by atoms with van der Waals surface area (Å²) in [5.41, 5.74) is 0.697. The van der Waals surface area contributed by atoms with Gasteiger partial charge in [0.1, 0.15) is 36.6 Å². The van der Waals surface area contributed by atoms with E-state index in [1.807, 2.05) is 19.9 Å². The Hall–Kier alpha value is -2.39. The first kappa shape index (κ1) is 51.0. The van der Waals surface area contributed by atoms with Gasteiger partial charge in [0, 0.05) is 66.6 Å². The molecule has 3 aliphatic rings. The van der Waals surface area contributed by atoms with Crippen LogP contribution in [0.3, 0.4) is 0 Å². The minimum atomic E-state index is -1.51. The fourth-order valence-corrected chi connectivity index (χ4v) is 8.23. The zero-order chi connectivity index (χ0) is 44.3. The fraction of sp³-hybridized carbons (Fsp3) is 0.833. The Morgan fingerprint density at radius 2 is 1.49 bits per heavy atom. The highest BCUT2D eigenvalue weighted by Crippen LogP contribution is 2.36. The minimum Gasteiger partial charge on any atom is -0.462 e. The average Bonchev–Trinajstić information content (AvgIpc) is 3.20. The number of rotatable bonds is 13. The van der Waals surface area contributed by atoms with Crippen molar-refractivity contribution in [1.82, 2.24) is 4.90 Å². The minimum absolute atomic E-state index is 0.00153. The van der Waals surface area contributed by atoms with Crippen molar-refractivity contribution in [3.63, 3.8) is 0 Å². The molecule has 0 aromatic rings. The molecular formula is C42H71NO16. The van der Waals surface area contributed by atoms with Crippen molar-refractivity contribution < 1.29 is 77.4 Å². The molecule has 3 rings (SSSR count). The number of amides is 1. The summed E-state index contributed by atoms with van der Waals surface area (Å²) in [5, 5.41) is 45.0. The number of carbonyl (C=O) groups is 3. The van der Waals surface area contributed by atoms with E-state index in [0.717, 1.165) is 0 Å². The first-order chi connectivity index (χ1) is 27.8. The number of nitrogens with zero attached hydrogens (tertiary/aromatic N) is 1. The fourth-order valence-electron chi connectivity index (χ4n) is 8.23. The van der Waals surface area contributed by atoms with Gasteiger partial charge in [0.25, 0.3) is 0 Å². The number of hydrogen-bond acceptors (Lipinski definition) is 16. The van der Waals surface area contributed by atoms with Crippen molar-refractivity contribution in [3.05, 3.63) is 23.8 Å². The molecule has 1 amide bonds. The molecule has 0 radical (unpaired) electrons. The molecule has 0 spiro atoms. The molecule has 4 N–H and O–H groups in total. The molecule has 59 heavy (non-hydrogen) atoms. The zero-order valence-corrected chi connectivity index (χ0v) is 36.8. The lowest BCUT2D eigenvalue weighted by atomic mass is 9.79. The van der Waals surface area contributed by atoms with Crippen molar-refractivity contribution >= 4 is 17.7 Å². The second-order valence-electron chi connectivity index (χ2n) is 16.3. The Labute approximate surface area is 349 Å². The highest BCUT2D eigenvalue weighted by Gasteiger charge is 2.49. The van der Waals surface area contributed by atoms with Crippen LogP contribution in [-0.4, -0.2) is 171 Å². The van der Waals surface area contributed by atoms with Gasteiger partial charge in [0.15, 0.2) is 24.7 Å². The summed E-state index contributed by atoms with van der Waals surface area (Å²) in [6.07, 6.45) is -7.48. The van der Waals surface area contributed by atoms with E-state index in [1.165, 1.54) is 53.4 Å². The first-order valence-corrected chi connectivity index (χ1v) is 20.6. The van der Waals surface area contributed by atoms with Gasteiger partial charge >= 0.3 is 5.97 Å². The number of ether oxygens (including phenoxy) is 9. The van der Waals surface area contributed by atoms with Crippen molar-refractivity contribution in [2.24, 2.45) is 23.7 Å². The zero-order valence-electron chi connectivity index (χ0n) is 36.8. The van der Waals surface area contributed by atoms with Gasteiger partial charge < -0.3 is 68.0 Å². The third kappa shape index (κ3) is 13.3. The second-order valence-corrected chi connectivity index (χ2v) is 16.3. The summed E-state index contributed by atoms with van der Waals surface area (Å²) in [6, 6.07) is -1.09. The molecule has 3 heterocycles. The van der Waals surface area contributed by atoms with Crippen LogP contribution < -0.4 is 0 Å². The van der Waals surface area contributed by atoms with Gasteiger partial charge in [-0.1, -0.05) is 38.5 Å². The smallest absolute Gasteiger partial charge is 0.308 e. The summed E-state index contributed by atoms with van der Waals surface area (Å²) in [5.74, 6) is -3.81. The molecule has 10 unspecified atom stereocenters. The van der Waals surface area contributed by atoms with E-state index >= 15 is 0 Å². The van der Waals surface area contributed by atoms with Gasteiger partial charge in [-0.05, 0) is 45.6 Å². The summed E-state index contributed by atoms with van der Waals surface area (Å²) in [4.78, 5) is 41.2. The highest BCUT2D eigenvalue weighted by atomic mass is 16.7. The molecule has 2 fully saturated rings. The largest absolute Gasteiger partial charge is 0.462 e. The van der Waals surface area contributed by atoms with Gasteiger partial charge in [-0.15, -0.1) is 0 Å². The Morgan fingerprint density at radius 3 is 2.07 bits per heavy atom. The van der Waals surface area contributed by atoms with Crippen molar-refractivity contribution in [2.75, 3.05) is 42.1 Å². The molecule has 0 aromatic carbocycles. The first-order valence-electron chi connectivity index (χ1n) is 20.6. The van der Waals surface area contributed by atoms with E-state index in [2.05, 4.69) is 0 Å². The maximum atomic E-state index is 13.8. The number of aliphatic hydroxyl groups is 4. The number of methoxy groups -OCH3 is 4. The molecule has 0 bridgehead atoms. The van der Waals surface area contributed by atoms with E-state index < -0.39 is 128 Å². The van der Waals surface area contributed by atoms with Crippen LogP contribution in [0.15, 0.2) is 23.8 Å². The number of esters is 1. The number of cyclic esters (lactones) is 1. The van der Waals surface area contributed by atoms with Crippen molar-refractivity contribution in [1.29, 1.82) is 0 Å². The maximum absolute atomic E-state index is 13.8. The molecule has 0 aromatic heterocycles. The highest BCUT2D eigenvalue weighted by molar-refractivity contribution is 5.91. The molecule has 2 saturated heterocycles. The lowest BCUT2D eigenvalue weighted by Gasteiger charge is -2.47. The molecule has 0 aliphatic carbocycles. The van der Waals surface area contributed by atoms with Crippen LogP contribution >= 0.6 is 0 Å². The Bertz CT molecular complexity index is 1390. The normalized spacial score (nSPS) is 40.9. The van der Waals surface area contributed by atoms with E-state index in [4.69, 9.17) is 42.6 Å². The van der Waals surface area contributed by atoms with Crippen LogP contribution in [0.4, 0.5) is 0 Å². The Balaban J connectivity index is 2.04. The standard InChI is InChI=1S/C42H71NO16/c1-13-31-28(20-55-42-40(54-12)39(53-11)36(49)25(6)57-42)16-21(2)14-15-29(45)22(3)17-27(18-33(51-9)52-10)38(23(4)30(46)19-32(47)58-31)59-41-37(50)34(43(8)26(7)44)35(48)24(5)56-41/h14-16,22-25,27-28,30-31,33-42,46,48-50H,13,17-20H2,1-12H3/b15-14+,21-16+/t22-,23+,24?,25?,27-,28-,30-,31-,34?,35?,36?,37?,38-,39?,40?,41?,42?/m1/s1. The summed E-state index contributed by atoms with van der Waals surface area (Å²) >= 11 is 0. The van der Waals surface area contributed by atoms with Crippen LogP contribution in [0.25, 0.3) is 0 Å². The summed E-state index contributed by atoms with van der Waals surface area (Å²) in [7, 11) is 7.34. The molecule has 340 valence electrons. The van der Waals surface area contributed by atoms with Gasteiger partial charge in [0.2, 0.25) is 5.91 Å². The van der Waals surface area contributed by atoms with E-state index in [-0.39, 0.29) is 25.2 Å². The van der Waals surface area contributed by atoms with Crippen LogP contribution in [0.2, 0.25) is 0 Å². The van der Waals surface area contributed by atoms with E-state index in [1.54, 1.807) is 33.8 Å². The van der Waals surface area contributed by atoms with Crippen molar-refractivity contribution in [3.8, 4) is 0 Å². The lowest BCUT2D eigenvalue weighted by molar-refractivity contribution is -0.305. The van der Waals surface area contributed by atoms with Gasteiger partial charge in [-0.3, -0.25) is 14.4 Å². The third-order valence-corrected chi connectivity index (χ3v) is 12.1. The van der Waals surface area contributed by atoms with Crippen LogP contribution in [0.1, 0.15) is 74.1 Å². The molecule has 17 nitrogen and oxygen atoms in total. The predicted octanol–water partition coefficient (Wildman–Crippen LogP) is 1.90. The van der Waals surface area contributed by atoms with Gasteiger partial charge in [-0.25, -0.2) is 0 Å².